The minimum atomic E-state index is -3.74. The molecular weight excluding hydrogens is 316 g/mol. The third-order valence-corrected chi connectivity index (χ3v) is 6.51. The molecule has 0 radical (unpaired) electrons. The number of carboxylic acids is 1. The Morgan fingerprint density at radius 2 is 1.90 bits per heavy atom. The molecule has 7 nitrogen and oxygen atoms in total. The largest absolute Gasteiger partial charge is 0.477 e. The second kappa shape index (κ2) is 5.90. The fourth-order valence-electron chi connectivity index (χ4n) is 2.20. The number of hydrogen-bond acceptors (Lipinski definition) is 4. The van der Waals surface area contributed by atoms with E-state index in [-0.39, 0.29) is 29.7 Å². The minimum Gasteiger partial charge on any atom is -0.477 e. The average Bonchev–Trinajstić information content (AvgIpc) is 2.85. The first-order valence-electron chi connectivity index (χ1n) is 6.53. The lowest BCUT2D eigenvalue weighted by Crippen LogP contribution is -2.41. The molecule has 0 spiro atoms. The van der Waals surface area contributed by atoms with Crippen molar-refractivity contribution in [1.82, 2.24) is 8.87 Å². The van der Waals surface area contributed by atoms with Gasteiger partial charge in [0.1, 0.15) is 10.6 Å². The Labute approximate surface area is 126 Å². The van der Waals surface area contributed by atoms with E-state index in [0.717, 1.165) is 0 Å². The zero-order valence-electron chi connectivity index (χ0n) is 11.9. The molecule has 1 N–H and O–H groups in total. The van der Waals surface area contributed by atoms with Crippen LogP contribution in [0.2, 0.25) is 0 Å². The van der Waals surface area contributed by atoms with E-state index >= 15 is 0 Å². The fraction of sp³-hybridized carbons (Fsp3) is 0.583. The van der Waals surface area contributed by atoms with Crippen LogP contribution in [0.25, 0.3) is 0 Å². The van der Waals surface area contributed by atoms with Crippen LogP contribution in [0.3, 0.4) is 0 Å². The second-order valence-corrected chi connectivity index (χ2v) is 8.75. The Kier molecular flexibility index (Phi) is 4.54. The summed E-state index contributed by atoms with van der Waals surface area (Å²) < 4.78 is 39.1. The quantitative estimate of drug-likeness (QED) is 0.866. The highest BCUT2D eigenvalue weighted by molar-refractivity contribution is 7.89. The van der Waals surface area contributed by atoms with Gasteiger partial charge in [-0.3, -0.25) is 4.21 Å². The van der Waals surface area contributed by atoms with Gasteiger partial charge in [-0.25, -0.2) is 13.2 Å². The zero-order chi connectivity index (χ0) is 15.8. The minimum absolute atomic E-state index is 0.0266. The van der Waals surface area contributed by atoms with Crippen molar-refractivity contribution in [2.75, 3.05) is 24.6 Å². The van der Waals surface area contributed by atoms with Crippen molar-refractivity contribution < 1.29 is 22.5 Å². The summed E-state index contributed by atoms with van der Waals surface area (Å²) in [5.74, 6) is -0.531. The van der Waals surface area contributed by atoms with Crippen LogP contribution in [0.1, 0.15) is 30.4 Å². The van der Waals surface area contributed by atoms with Gasteiger partial charge < -0.3 is 9.67 Å². The molecule has 0 bridgehead atoms. The third-order valence-electron chi connectivity index (χ3n) is 3.37. The number of aromatic nitrogens is 1. The third kappa shape index (κ3) is 3.19. The lowest BCUT2D eigenvalue weighted by atomic mass is 10.3. The Balaban J connectivity index is 2.39. The predicted molar refractivity (Wildman–Crippen MR) is 78.4 cm³/mol. The SMILES string of the molecule is CC(C)n1cc(S(=O)(=O)N2CCS(=O)CC2)cc1C(=O)O. The van der Waals surface area contributed by atoms with Crippen molar-refractivity contribution in [3.8, 4) is 0 Å². The molecule has 118 valence electrons. The molecule has 1 fully saturated rings. The zero-order valence-corrected chi connectivity index (χ0v) is 13.5. The first kappa shape index (κ1) is 16.2. The molecule has 0 aromatic carbocycles. The maximum atomic E-state index is 12.5. The van der Waals surface area contributed by atoms with Gasteiger partial charge in [0.05, 0.1) is 0 Å². The van der Waals surface area contributed by atoms with Crippen molar-refractivity contribution in [2.45, 2.75) is 24.8 Å². The van der Waals surface area contributed by atoms with Gasteiger partial charge in [-0.15, -0.1) is 0 Å². The summed E-state index contributed by atoms with van der Waals surface area (Å²) in [6, 6.07) is 1.03. The van der Waals surface area contributed by atoms with Crippen molar-refractivity contribution in [3.63, 3.8) is 0 Å². The summed E-state index contributed by atoms with van der Waals surface area (Å²) in [5, 5.41) is 9.17. The molecule has 1 aromatic heterocycles. The maximum absolute atomic E-state index is 12.5. The predicted octanol–water partition coefficient (Wildman–Crippen LogP) is 0.520. The molecule has 0 atom stereocenters. The van der Waals surface area contributed by atoms with E-state index in [1.54, 1.807) is 13.8 Å². The number of aromatic carboxylic acids is 1. The summed E-state index contributed by atoms with van der Waals surface area (Å²) in [6.45, 7) is 3.97. The average molecular weight is 334 g/mol. The lowest BCUT2D eigenvalue weighted by Gasteiger charge is -2.25. The van der Waals surface area contributed by atoms with Crippen LogP contribution in [0.15, 0.2) is 17.2 Å². The first-order chi connectivity index (χ1) is 9.73. The molecule has 0 aliphatic carbocycles. The van der Waals surface area contributed by atoms with Crippen LogP contribution in [-0.4, -0.2) is 57.2 Å². The summed E-state index contributed by atoms with van der Waals surface area (Å²) in [6.07, 6.45) is 1.36. The van der Waals surface area contributed by atoms with E-state index in [2.05, 4.69) is 0 Å². The van der Waals surface area contributed by atoms with E-state index in [9.17, 15) is 17.4 Å². The van der Waals surface area contributed by atoms with Gasteiger partial charge in [0.15, 0.2) is 0 Å². The molecule has 1 saturated heterocycles. The van der Waals surface area contributed by atoms with E-state index in [1.807, 2.05) is 0 Å². The fourth-order valence-corrected chi connectivity index (χ4v) is 4.96. The highest BCUT2D eigenvalue weighted by atomic mass is 32.2. The van der Waals surface area contributed by atoms with Crippen molar-refractivity contribution in [2.24, 2.45) is 0 Å². The van der Waals surface area contributed by atoms with Crippen molar-refractivity contribution in [3.05, 3.63) is 18.0 Å². The topological polar surface area (TPSA) is 96.7 Å². The van der Waals surface area contributed by atoms with Crippen molar-refractivity contribution in [1.29, 1.82) is 0 Å². The molecule has 2 heterocycles. The van der Waals surface area contributed by atoms with Gasteiger partial charge in [0.25, 0.3) is 0 Å². The van der Waals surface area contributed by atoms with Crippen LogP contribution in [-0.2, 0) is 20.8 Å². The normalized spacial score (nSPS) is 18.2. The number of sulfonamides is 1. The van der Waals surface area contributed by atoms with E-state index in [4.69, 9.17) is 5.11 Å². The molecule has 9 heteroatoms. The molecule has 21 heavy (non-hydrogen) atoms. The Morgan fingerprint density at radius 1 is 1.33 bits per heavy atom. The standard InChI is InChI=1S/C12H18N2O5S2/c1-9(2)14-8-10(7-11(14)12(15)16)21(18,19)13-3-5-20(17)6-4-13/h7-9H,3-6H2,1-2H3,(H,15,16). The molecule has 1 aromatic rings. The molecule has 0 unspecified atom stereocenters. The smallest absolute Gasteiger partial charge is 0.352 e. The molecule has 1 aliphatic heterocycles. The van der Waals surface area contributed by atoms with Gasteiger partial charge in [-0.2, -0.15) is 4.31 Å². The molecule has 2 rings (SSSR count). The molecule has 0 amide bonds. The summed E-state index contributed by atoms with van der Waals surface area (Å²) in [7, 11) is -4.71. The van der Waals surface area contributed by atoms with E-state index < -0.39 is 26.8 Å². The van der Waals surface area contributed by atoms with Gasteiger partial charge in [-0.1, -0.05) is 0 Å². The Morgan fingerprint density at radius 3 is 2.33 bits per heavy atom. The summed E-state index contributed by atoms with van der Waals surface area (Å²) >= 11 is 0. The number of rotatable bonds is 4. The summed E-state index contributed by atoms with van der Waals surface area (Å²) in [5.41, 5.74) is -0.0517. The Hall–Kier alpha value is -1.19. The number of nitrogens with zero attached hydrogens (tertiary/aromatic N) is 2. The first-order valence-corrected chi connectivity index (χ1v) is 9.46. The van der Waals surface area contributed by atoms with Crippen LogP contribution < -0.4 is 0 Å². The Bertz CT molecular complexity index is 668. The highest BCUT2D eigenvalue weighted by Gasteiger charge is 2.30. The van der Waals surface area contributed by atoms with Crippen LogP contribution in [0, 0.1) is 0 Å². The lowest BCUT2D eigenvalue weighted by molar-refractivity contribution is 0.0683. The maximum Gasteiger partial charge on any atom is 0.352 e. The van der Waals surface area contributed by atoms with Gasteiger partial charge in [-0.05, 0) is 19.9 Å². The highest BCUT2D eigenvalue weighted by Crippen LogP contribution is 2.23. The number of carboxylic acid groups (broad SMARTS) is 1. The second-order valence-electron chi connectivity index (χ2n) is 5.12. The summed E-state index contributed by atoms with van der Waals surface area (Å²) in [4.78, 5) is 11.2. The number of carbonyl (C=O) groups is 1. The monoisotopic (exact) mass is 334 g/mol. The van der Waals surface area contributed by atoms with Crippen LogP contribution in [0.4, 0.5) is 0 Å². The number of hydrogen-bond donors (Lipinski definition) is 1. The van der Waals surface area contributed by atoms with Crippen molar-refractivity contribution >= 4 is 26.8 Å². The van der Waals surface area contributed by atoms with Crippen LogP contribution in [0.5, 0.6) is 0 Å². The molecule has 1 aliphatic rings. The van der Waals surface area contributed by atoms with Gasteiger partial charge in [0, 0.05) is 47.6 Å². The molecular formula is C12H18N2O5S2. The van der Waals surface area contributed by atoms with Gasteiger partial charge in [0.2, 0.25) is 10.0 Å². The van der Waals surface area contributed by atoms with Gasteiger partial charge >= 0.3 is 5.97 Å². The van der Waals surface area contributed by atoms with E-state index in [0.29, 0.717) is 11.5 Å². The van der Waals surface area contributed by atoms with Crippen LogP contribution >= 0.6 is 0 Å². The van der Waals surface area contributed by atoms with E-state index in [1.165, 1.54) is 21.1 Å². The molecule has 0 saturated carbocycles.